The Bertz CT molecular complexity index is 312. The summed E-state index contributed by atoms with van der Waals surface area (Å²) in [5, 5.41) is 9.98. The predicted octanol–water partition coefficient (Wildman–Crippen LogP) is 2.28. The van der Waals surface area contributed by atoms with Crippen LogP contribution in [-0.4, -0.2) is 29.2 Å². The third-order valence-corrected chi connectivity index (χ3v) is 3.58. The van der Waals surface area contributed by atoms with Crippen LogP contribution in [0.4, 0.5) is 0 Å². The van der Waals surface area contributed by atoms with E-state index in [4.69, 9.17) is 0 Å². The van der Waals surface area contributed by atoms with E-state index in [1.54, 1.807) is 0 Å². The van der Waals surface area contributed by atoms with Crippen LogP contribution in [-0.2, 0) is 6.54 Å². The highest BCUT2D eigenvalue weighted by atomic mass is 16.3. The van der Waals surface area contributed by atoms with Gasteiger partial charge in [0.15, 0.2) is 0 Å². The molecule has 1 heterocycles. The van der Waals surface area contributed by atoms with Crippen molar-refractivity contribution in [2.75, 3.05) is 13.1 Å². The molecule has 1 aromatic carbocycles. The van der Waals surface area contributed by atoms with Crippen molar-refractivity contribution >= 4 is 0 Å². The zero-order valence-corrected chi connectivity index (χ0v) is 9.97. The minimum atomic E-state index is -0.137. The van der Waals surface area contributed by atoms with Gasteiger partial charge in [0.1, 0.15) is 0 Å². The normalized spacial score (nSPS) is 26.9. The summed E-state index contributed by atoms with van der Waals surface area (Å²) in [5.74, 6) is 0.507. The number of hydrogen-bond donors (Lipinski definition) is 1. The van der Waals surface area contributed by atoms with Gasteiger partial charge in [-0.15, -0.1) is 0 Å². The fourth-order valence-electron chi connectivity index (χ4n) is 2.51. The Morgan fingerprint density at radius 2 is 2.06 bits per heavy atom. The van der Waals surface area contributed by atoms with Gasteiger partial charge >= 0.3 is 0 Å². The number of aliphatic hydroxyl groups is 1. The van der Waals surface area contributed by atoms with Crippen molar-refractivity contribution in [3.8, 4) is 0 Å². The summed E-state index contributed by atoms with van der Waals surface area (Å²) in [6.07, 6.45) is 2.09. The number of benzene rings is 1. The molecule has 0 aliphatic carbocycles. The first-order valence-corrected chi connectivity index (χ1v) is 6.24. The van der Waals surface area contributed by atoms with Crippen LogP contribution in [0.1, 0.15) is 25.3 Å². The Morgan fingerprint density at radius 1 is 1.31 bits per heavy atom. The highest BCUT2D eigenvalue weighted by molar-refractivity contribution is 5.14. The number of likely N-dealkylation sites (tertiary alicyclic amines) is 1. The summed E-state index contributed by atoms with van der Waals surface area (Å²) in [6.45, 7) is 5.08. The number of β-amino-alcohol motifs (C(OH)–C–C–N with tert-alkyl or cyclic N) is 1. The van der Waals surface area contributed by atoms with Gasteiger partial charge in [-0.2, -0.15) is 0 Å². The minimum absolute atomic E-state index is 0.137. The first-order valence-electron chi connectivity index (χ1n) is 6.24. The van der Waals surface area contributed by atoms with E-state index < -0.39 is 0 Å². The van der Waals surface area contributed by atoms with E-state index in [0.29, 0.717) is 5.92 Å². The fourth-order valence-corrected chi connectivity index (χ4v) is 2.51. The molecule has 88 valence electrons. The molecule has 1 aromatic rings. The lowest BCUT2D eigenvalue weighted by molar-refractivity contribution is 0.0172. The van der Waals surface area contributed by atoms with Gasteiger partial charge in [0.2, 0.25) is 0 Å². The molecule has 1 aliphatic heterocycles. The van der Waals surface area contributed by atoms with Crippen molar-refractivity contribution in [2.24, 2.45) is 5.92 Å². The van der Waals surface area contributed by atoms with Gasteiger partial charge < -0.3 is 5.11 Å². The Morgan fingerprint density at radius 3 is 2.69 bits per heavy atom. The molecule has 2 rings (SSSR count). The van der Waals surface area contributed by atoms with Crippen LogP contribution in [0.3, 0.4) is 0 Å². The molecule has 2 heteroatoms. The SMILES string of the molecule is CC[C@H]1CCN(Cc2ccccc2)C[C@@H]1O. The zero-order chi connectivity index (χ0) is 11.4. The van der Waals surface area contributed by atoms with Crippen molar-refractivity contribution in [3.05, 3.63) is 35.9 Å². The lowest BCUT2D eigenvalue weighted by Gasteiger charge is -2.35. The maximum Gasteiger partial charge on any atom is 0.0695 e. The summed E-state index contributed by atoms with van der Waals surface area (Å²) in [6, 6.07) is 10.5. The summed E-state index contributed by atoms with van der Waals surface area (Å²) in [7, 11) is 0. The largest absolute Gasteiger partial charge is 0.392 e. The molecule has 2 nitrogen and oxygen atoms in total. The Hall–Kier alpha value is -0.860. The van der Waals surface area contributed by atoms with Crippen molar-refractivity contribution in [1.29, 1.82) is 0 Å². The van der Waals surface area contributed by atoms with Crippen LogP contribution < -0.4 is 0 Å². The molecular formula is C14H21NO. The van der Waals surface area contributed by atoms with Gasteiger partial charge in [-0.05, 0) is 24.4 Å². The monoisotopic (exact) mass is 219 g/mol. The second-order valence-corrected chi connectivity index (χ2v) is 4.75. The van der Waals surface area contributed by atoms with Crippen molar-refractivity contribution in [2.45, 2.75) is 32.4 Å². The molecule has 0 amide bonds. The minimum Gasteiger partial charge on any atom is -0.392 e. The molecule has 0 spiro atoms. The summed E-state index contributed by atoms with van der Waals surface area (Å²) >= 11 is 0. The third-order valence-electron chi connectivity index (χ3n) is 3.58. The van der Waals surface area contributed by atoms with Gasteiger partial charge in [0.25, 0.3) is 0 Å². The number of hydrogen-bond acceptors (Lipinski definition) is 2. The molecule has 0 unspecified atom stereocenters. The van der Waals surface area contributed by atoms with Crippen LogP contribution in [0.2, 0.25) is 0 Å². The van der Waals surface area contributed by atoms with Crippen LogP contribution in [0, 0.1) is 5.92 Å². The number of aliphatic hydroxyl groups excluding tert-OH is 1. The Kier molecular flexibility index (Phi) is 3.97. The quantitative estimate of drug-likeness (QED) is 0.843. The average molecular weight is 219 g/mol. The Balaban J connectivity index is 1.89. The fraction of sp³-hybridized carbons (Fsp3) is 0.571. The van der Waals surface area contributed by atoms with E-state index in [9.17, 15) is 5.11 Å². The second kappa shape index (κ2) is 5.46. The molecule has 1 N–H and O–H groups in total. The second-order valence-electron chi connectivity index (χ2n) is 4.75. The smallest absolute Gasteiger partial charge is 0.0695 e. The van der Waals surface area contributed by atoms with Crippen LogP contribution in [0.25, 0.3) is 0 Å². The van der Waals surface area contributed by atoms with Crippen molar-refractivity contribution < 1.29 is 5.11 Å². The number of piperidine rings is 1. The van der Waals surface area contributed by atoms with E-state index >= 15 is 0 Å². The number of nitrogens with zero attached hydrogens (tertiary/aromatic N) is 1. The molecule has 0 aromatic heterocycles. The van der Waals surface area contributed by atoms with Crippen LogP contribution >= 0.6 is 0 Å². The van der Waals surface area contributed by atoms with E-state index in [1.807, 2.05) is 6.07 Å². The lowest BCUT2D eigenvalue weighted by atomic mass is 9.91. The molecule has 0 saturated carbocycles. The molecule has 0 bridgehead atoms. The number of rotatable bonds is 3. The van der Waals surface area contributed by atoms with Gasteiger partial charge in [0, 0.05) is 13.1 Å². The summed E-state index contributed by atoms with van der Waals surface area (Å²) in [4.78, 5) is 2.35. The molecule has 2 atom stereocenters. The van der Waals surface area contributed by atoms with E-state index in [1.165, 1.54) is 5.56 Å². The molecule has 1 aliphatic rings. The Labute approximate surface area is 97.9 Å². The maximum absolute atomic E-state index is 9.98. The van der Waals surface area contributed by atoms with Crippen molar-refractivity contribution in [1.82, 2.24) is 4.90 Å². The summed E-state index contributed by atoms with van der Waals surface area (Å²) in [5.41, 5.74) is 1.34. The molecule has 1 saturated heterocycles. The molecular weight excluding hydrogens is 198 g/mol. The zero-order valence-electron chi connectivity index (χ0n) is 9.97. The molecule has 16 heavy (non-hydrogen) atoms. The van der Waals surface area contributed by atoms with Gasteiger partial charge in [-0.3, -0.25) is 4.90 Å². The third kappa shape index (κ3) is 2.83. The molecule has 1 fully saturated rings. The van der Waals surface area contributed by atoms with E-state index in [-0.39, 0.29) is 6.10 Å². The molecule has 0 radical (unpaired) electrons. The van der Waals surface area contributed by atoms with Crippen LogP contribution in [0.5, 0.6) is 0 Å². The highest BCUT2D eigenvalue weighted by Gasteiger charge is 2.25. The maximum atomic E-state index is 9.98. The standard InChI is InChI=1S/C14H21NO/c1-2-13-8-9-15(11-14(13)16)10-12-6-4-3-5-7-12/h3-7,13-14,16H,2,8-11H2,1H3/t13-,14-/m0/s1. The average Bonchev–Trinajstić information content (AvgIpc) is 2.31. The van der Waals surface area contributed by atoms with Gasteiger partial charge in [0.05, 0.1) is 6.10 Å². The van der Waals surface area contributed by atoms with Crippen molar-refractivity contribution in [3.63, 3.8) is 0 Å². The predicted molar refractivity (Wildman–Crippen MR) is 66.1 cm³/mol. The van der Waals surface area contributed by atoms with Gasteiger partial charge in [-0.25, -0.2) is 0 Å². The summed E-state index contributed by atoms with van der Waals surface area (Å²) < 4.78 is 0. The first-order chi connectivity index (χ1) is 7.79. The van der Waals surface area contributed by atoms with Crippen LogP contribution in [0.15, 0.2) is 30.3 Å². The topological polar surface area (TPSA) is 23.5 Å². The lowest BCUT2D eigenvalue weighted by Crippen LogP contribution is -2.43. The highest BCUT2D eigenvalue weighted by Crippen LogP contribution is 2.21. The van der Waals surface area contributed by atoms with E-state index in [0.717, 1.165) is 32.5 Å². The van der Waals surface area contributed by atoms with Gasteiger partial charge in [-0.1, -0.05) is 43.7 Å². The van der Waals surface area contributed by atoms with E-state index in [2.05, 4.69) is 36.1 Å². The first kappa shape index (κ1) is 11.6.